The molecule has 5 nitrogen and oxygen atoms in total. The summed E-state index contributed by atoms with van der Waals surface area (Å²) < 4.78 is 0. The first kappa shape index (κ1) is 11.3. The summed E-state index contributed by atoms with van der Waals surface area (Å²) in [4.78, 5) is 6.50. The number of rotatable bonds is 3. The third-order valence-corrected chi connectivity index (χ3v) is 2.72. The van der Waals surface area contributed by atoms with Crippen LogP contribution in [-0.2, 0) is 0 Å². The van der Waals surface area contributed by atoms with Crippen LogP contribution in [0.2, 0.25) is 0 Å². The number of likely N-dealkylation sites (tertiary alicyclic amines) is 1. The van der Waals surface area contributed by atoms with E-state index >= 15 is 0 Å². The number of aliphatic imine (C=N–C) groups is 1. The van der Waals surface area contributed by atoms with E-state index in [4.69, 9.17) is 11.6 Å². The van der Waals surface area contributed by atoms with E-state index in [1.165, 1.54) is 25.9 Å². The minimum absolute atomic E-state index is 0.315. The summed E-state index contributed by atoms with van der Waals surface area (Å²) in [6, 6.07) is 0. The number of hydrogen-bond acceptors (Lipinski definition) is 3. The van der Waals surface area contributed by atoms with E-state index in [0.717, 1.165) is 19.0 Å². The van der Waals surface area contributed by atoms with Crippen molar-refractivity contribution in [3.8, 4) is 0 Å². The smallest absolute Gasteiger partial charge is 0.203 e. The second-order valence-electron chi connectivity index (χ2n) is 3.94. The lowest BCUT2D eigenvalue weighted by atomic mass is 9.99. The molecule has 0 aromatic heterocycles. The second-order valence-corrected chi connectivity index (χ2v) is 3.94. The Hall–Kier alpha value is -0.810. The third kappa shape index (κ3) is 3.93. The molecule has 0 bridgehead atoms. The Morgan fingerprint density at radius 3 is 2.71 bits per heavy atom. The molecular weight excluding hydrogens is 178 g/mol. The molecule has 1 aliphatic rings. The molecule has 1 heterocycles. The predicted molar refractivity (Wildman–Crippen MR) is 58.7 cm³/mol. The maximum Gasteiger partial charge on any atom is 0.203 e. The van der Waals surface area contributed by atoms with Crippen molar-refractivity contribution < 1.29 is 0 Å². The van der Waals surface area contributed by atoms with E-state index in [9.17, 15) is 0 Å². The minimum atomic E-state index is 0.315. The Balaban J connectivity index is 2.13. The average molecular weight is 199 g/mol. The van der Waals surface area contributed by atoms with Crippen molar-refractivity contribution in [3.05, 3.63) is 0 Å². The third-order valence-electron chi connectivity index (χ3n) is 2.72. The van der Waals surface area contributed by atoms with E-state index in [2.05, 4.69) is 22.2 Å². The maximum absolute atomic E-state index is 5.41. The van der Waals surface area contributed by atoms with Gasteiger partial charge in [-0.25, -0.2) is 5.84 Å². The first-order valence-electron chi connectivity index (χ1n) is 5.21. The van der Waals surface area contributed by atoms with Gasteiger partial charge in [0.25, 0.3) is 0 Å². The van der Waals surface area contributed by atoms with Crippen molar-refractivity contribution >= 4 is 5.96 Å². The van der Waals surface area contributed by atoms with Gasteiger partial charge in [0, 0.05) is 6.54 Å². The van der Waals surface area contributed by atoms with Gasteiger partial charge in [-0.15, -0.1) is 0 Å². The molecule has 1 saturated heterocycles. The van der Waals surface area contributed by atoms with Crippen LogP contribution in [0.5, 0.6) is 0 Å². The molecule has 0 amide bonds. The van der Waals surface area contributed by atoms with Crippen LogP contribution < -0.4 is 17.0 Å². The van der Waals surface area contributed by atoms with Crippen molar-refractivity contribution in [2.75, 3.05) is 26.2 Å². The van der Waals surface area contributed by atoms with Crippen LogP contribution in [0.25, 0.3) is 0 Å². The Kier molecular flexibility index (Phi) is 4.69. The van der Waals surface area contributed by atoms with Crippen molar-refractivity contribution in [1.29, 1.82) is 0 Å². The zero-order chi connectivity index (χ0) is 10.4. The molecule has 5 N–H and O–H groups in total. The lowest BCUT2D eigenvalue weighted by Gasteiger charge is -2.29. The van der Waals surface area contributed by atoms with E-state index in [-0.39, 0.29) is 0 Å². The molecule has 0 radical (unpaired) electrons. The molecule has 0 saturated carbocycles. The molecule has 1 fully saturated rings. The van der Waals surface area contributed by atoms with Crippen molar-refractivity contribution in [1.82, 2.24) is 10.3 Å². The number of piperidine rings is 1. The van der Waals surface area contributed by atoms with Crippen LogP contribution in [0.15, 0.2) is 4.99 Å². The van der Waals surface area contributed by atoms with E-state index in [1.54, 1.807) is 0 Å². The molecule has 0 aliphatic carbocycles. The first-order valence-corrected chi connectivity index (χ1v) is 5.21. The number of hydrazine groups is 1. The van der Waals surface area contributed by atoms with Gasteiger partial charge in [-0.1, -0.05) is 6.92 Å². The Labute approximate surface area is 85.5 Å². The highest BCUT2D eigenvalue weighted by atomic mass is 15.3. The van der Waals surface area contributed by atoms with E-state index < -0.39 is 0 Å². The van der Waals surface area contributed by atoms with Crippen molar-refractivity contribution in [2.24, 2.45) is 22.5 Å². The standard InChI is InChI=1S/C9H21N5/c1-8-2-5-14(6-3-8)7-4-12-9(10)13-11/h8H,2-7,11H2,1H3,(H3,10,12,13). The SMILES string of the molecule is CC1CCN(CCN=C(N)NN)CC1. The molecule has 14 heavy (non-hydrogen) atoms. The molecule has 1 aliphatic heterocycles. The van der Waals surface area contributed by atoms with Gasteiger partial charge in [0.1, 0.15) is 0 Å². The maximum atomic E-state index is 5.41. The van der Waals surface area contributed by atoms with Crippen LogP contribution >= 0.6 is 0 Å². The summed E-state index contributed by atoms with van der Waals surface area (Å²) in [5.74, 6) is 6.29. The average Bonchev–Trinajstić information content (AvgIpc) is 2.21. The minimum Gasteiger partial charge on any atom is -0.369 e. The van der Waals surface area contributed by atoms with Gasteiger partial charge in [-0.3, -0.25) is 10.4 Å². The highest BCUT2D eigenvalue weighted by molar-refractivity contribution is 5.77. The van der Waals surface area contributed by atoms with Crippen molar-refractivity contribution in [3.63, 3.8) is 0 Å². The number of hydrogen-bond donors (Lipinski definition) is 3. The molecule has 5 heteroatoms. The first-order chi connectivity index (χ1) is 6.72. The summed E-state index contributed by atoms with van der Waals surface area (Å²) in [7, 11) is 0. The van der Waals surface area contributed by atoms with Gasteiger partial charge < -0.3 is 10.6 Å². The summed E-state index contributed by atoms with van der Waals surface area (Å²) in [6.07, 6.45) is 2.60. The molecule has 0 aromatic carbocycles. The fourth-order valence-electron chi connectivity index (χ4n) is 1.64. The van der Waals surface area contributed by atoms with Crippen LogP contribution in [0.3, 0.4) is 0 Å². The molecule has 0 unspecified atom stereocenters. The molecule has 0 aromatic rings. The predicted octanol–water partition coefficient (Wildman–Crippen LogP) is -0.504. The van der Waals surface area contributed by atoms with Crippen molar-refractivity contribution in [2.45, 2.75) is 19.8 Å². The lowest BCUT2D eigenvalue weighted by Crippen LogP contribution is -2.38. The van der Waals surface area contributed by atoms with Crippen LogP contribution in [0.1, 0.15) is 19.8 Å². The monoisotopic (exact) mass is 199 g/mol. The summed E-state index contributed by atoms with van der Waals surface area (Å²) in [6.45, 7) is 6.39. The van der Waals surface area contributed by atoms with Crippen LogP contribution in [0, 0.1) is 5.92 Å². The number of nitrogens with zero attached hydrogens (tertiary/aromatic N) is 2. The summed E-state index contributed by atoms with van der Waals surface area (Å²) in [5, 5.41) is 0. The van der Waals surface area contributed by atoms with Gasteiger partial charge in [0.2, 0.25) is 5.96 Å². The van der Waals surface area contributed by atoms with Gasteiger partial charge in [0.05, 0.1) is 6.54 Å². The highest BCUT2D eigenvalue weighted by Crippen LogP contribution is 2.15. The number of nitrogens with two attached hydrogens (primary N) is 2. The van der Waals surface area contributed by atoms with E-state index in [1.807, 2.05) is 0 Å². The zero-order valence-corrected chi connectivity index (χ0v) is 8.87. The molecule has 1 rings (SSSR count). The van der Waals surface area contributed by atoms with Crippen LogP contribution in [-0.4, -0.2) is 37.0 Å². The number of nitrogens with one attached hydrogen (secondary N) is 1. The zero-order valence-electron chi connectivity index (χ0n) is 8.87. The Bertz CT molecular complexity index is 184. The fraction of sp³-hybridized carbons (Fsp3) is 0.889. The molecule has 0 spiro atoms. The summed E-state index contributed by atoms with van der Waals surface area (Å²) >= 11 is 0. The normalized spacial score (nSPS) is 21.1. The van der Waals surface area contributed by atoms with Gasteiger partial charge in [-0.05, 0) is 31.8 Å². The highest BCUT2D eigenvalue weighted by Gasteiger charge is 2.14. The quantitative estimate of drug-likeness (QED) is 0.248. The fourth-order valence-corrected chi connectivity index (χ4v) is 1.64. The van der Waals surface area contributed by atoms with Gasteiger partial charge >= 0.3 is 0 Å². The second kappa shape index (κ2) is 5.82. The topological polar surface area (TPSA) is 79.7 Å². The molecule has 0 atom stereocenters. The largest absolute Gasteiger partial charge is 0.369 e. The van der Waals surface area contributed by atoms with E-state index in [0.29, 0.717) is 5.96 Å². The Morgan fingerprint density at radius 1 is 1.50 bits per heavy atom. The lowest BCUT2D eigenvalue weighted by molar-refractivity contribution is 0.197. The summed E-state index contributed by atoms with van der Waals surface area (Å²) in [5.41, 5.74) is 7.72. The van der Waals surface area contributed by atoms with Gasteiger partial charge in [0.15, 0.2) is 0 Å². The Morgan fingerprint density at radius 2 is 2.14 bits per heavy atom. The van der Waals surface area contributed by atoms with Crippen LogP contribution in [0.4, 0.5) is 0 Å². The number of guanidine groups is 1. The van der Waals surface area contributed by atoms with Gasteiger partial charge in [-0.2, -0.15) is 0 Å². The molecular formula is C9H21N5. The molecule has 82 valence electrons.